The van der Waals surface area contributed by atoms with E-state index in [0.717, 1.165) is 0 Å². The Morgan fingerprint density at radius 1 is 1.43 bits per heavy atom. The van der Waals surface area contributed by atoms with Crippen LogP contribution in [0.1, 0.15) is 0 Å². The minimum atomic E-state index is -0.430. The van der Waals surface area contributed by atoms with Gasteiger partial charge in [-0.3, -0.25) is 4.79 Å². The van der Waals surface area contributed by atoms with E-state index < -0.39 is 5.56 Å². The molecule has 1 heterocycles. The predicted octanol–water partition coefficient (Wildman–Crippen LogP) is 2.18. The number of nitrogens with one attached hydrogen (secondary N) is 1. The molecule has 0 spiro atoms. The Morgan fingerprint density at radius 3 is 2.86 bits per heavy atom. The fraction of sp³-hybridized carbons (Fsp3) is 0. The van der Waals surface area contributed by atoms with Crippen LogP contribution in [0.25, 0.3) is 10.9 Å². The fourth-order valence-corrected chi connectivity index (χ4v) is 1.59. The van der Waals surface area contributed by atoms with E-state index in [4.69, 9.17) is 11.6 Å². The van der Waals surface area contributed by atoms with E-state index in [1.165, 1.54) is 0 Å². The largest absolute Gasteiger partial charge is 0.506 e. The molecule has 1 aromatic carbocycles. The Balaban J connectivity index is 2.98. The Bertz CT molecular complexity index is 564. The van der Waals surface area contributed by atoms with Gasteiger partial charge in [-0.05, 0) is 18.2 Å². The van der Waals surface area contributed by atoms with Crippen molar-refractivity contribution in [3.8, 4) is 5.75 Å². The third-order valence-electron chi connectivity index (χ3n) is 1.92. The maximum atomic E-state index is 11.2. The Kier molecular flexibility index (Phi) is 2.17. The normalized spacial score (nSPS) is 10.7. The molecule has 0 amide bonds. The minimum absolute atomic E-state index is 0.0137. The molecule has 0 radical (unpaired) electrons. The topological polar surface area (TPSA) is 53.1 Å². The number of aromatic hydroxyl groups is 1. The molecule has 3 nitrogen and oxygen atoms in total. The molecule has 14 heavy (non-hydrogen) atoms. The van der Waals surface area contributed by atoms with Crippen molar-refractivity contribution in [3.63, 3.8) is 0 Å². The molecule has 2 N–H and O–H groups in total. The van der Waals surface area contributed by atoms with Crippen molar-refractivity contribution in [2.45, 2.75) is 4.90 Å². The monoisotopic (exact) mass is 227 g/mol. The summed E-state index contributed by atoms with van der Waals surface area (Å²) in [7, 11) is 0. The second-order valence-corrected chi connectivity index (χ2v) is 3.72. The number of aromatic amines is 1. The predicted molar refractivity (Wildman–Crippen MR) is 58.5 cm³/mol. The molecular formula is C9H6ClNO2S. The molecule has 0 unspecified atom stereocenters. The molecule has 5 heteroatoms. The number of rotatable bonds is 0. The summed E-state index contributed by atoms with van der Waals surface area (Å²) in [5.74, 6) is -0.122. The highest BCUT2D eigenvalue weighted by atomic mass is 35.5. The van der Waals surface area contributed by atoms with Gasteiger partial charge in [-0.2, -0.15) is 0 Å². The van der Waals surface area contributed by atoms with E-state index in [1.807, 2.05) is 0 Å². The lowest BCUT2D eigenvalue weighted by Gasteiger charge is -2.02. The summed E-state index contributed by atoms with van der Waals surface area (Å²) in [6, 6.07) is 4.84. The van der Waals surface area contributed by atoms with Crippen LogP contribution in [-0.4, -0.2) is 10.1 Å². The highest BCUT2D eigenvalue weighted by molar-refractivity contribution is 7.80. The van der Waals surface area contributed by atoms with Crippen LogP contribution in [0.2, 0.25) is 5.02 Å². The molecule has 0 atom stereocenters. The van der Waals surface area contributed by atoms with Crippen LogP contribution in [0.5, 0.6) is 5.75 Å². The van der Waals surface area contributed by atoms with Crippen molar-refractivity contribution >= 4 is 35.1 Å². The van der Waals surface area contributed by atoms with Gasteiger partial charge in [-0.1, -0.05) is 11.6 Å². The lowest BCUT2D eigenvalue weighted by Crippen LogP contribution is -2.06. The van der Waals surface area contributed by atoms with Gasteiger partial charge in [0, 0.05) is 10.4 Å². The average molecular weight is 228 g/mol. The zero-order valence-electron chi connectivity index (χ0n) is 6.91. The van der Waals surface area contributed by atoms with Crippen molar-refractivity contribution in [1.29, 1.82) is 0 Å². The molecule has 2 rings (SSSR count). The molecule has 0 saturated heterocycles. The van der Waals surface area contributed by atoms with Crippen molar-refractivity contribution in [1.82, 2.24) is 4.98 Å². The maximum Gasteiger partial charge on any atom is 0.265 e. The first kappa shape index (κ1) is 9.43. The summed E-state index contributed by atoms with van der Waals surface area (Å²) in [6.07, 6.45) is 0. The van der Waals surface area contributed by atoms with Gasteiger partial charge in [0.05, 0.1) is 5.52 Å². The van der Waals surface area contributed by atoms with Crippen LogP contribution in [0.3, 0.4) is 0 Å². The van der Waals surface area contributed by atoms with Gasteiger partial charge >= 0.3 is 0 Å². The highest BCUT2D eigenvalue weighted by Gasteiger charge is 2.07. The van der Waals surface area contributed by atoms with Crippen molar-refractivity contribution in [2.75, 3.05) is 0 Å². The second-order valence-electron chi connectivity index (χ2n) is 2.84. The van der Waals surface area contributed by atoms with Crippen molar-refractivity contribution in [2.24, 2.45) is 0 Å². The summed E-state index contributed by atoms with van der Waals surface area (Å²) in [5.41, 5.74) is 0.0680. The molecule has 0 aliphatic rings. The quantitative estimate of drug-likeness (QED) is 0.605. The van der Waals surface area contributed by atoms with E-state index in [2.05, 4.69) is 17.6 Å². The summed E-state index contributed by atoms with van der Waals surface area (Å²) >= 11 is 9.63. The molecular weight excluding hydrogens is 222 g/mol. The van der Waals surface area contributed by atoms with E-state index in [1.54, 1.807) is 18.2 Å². The Hall–Kier alpha value is -1.13. The van der Waals surface area contributed by atoms with Crippen molar-refractivity contribution in [3.05, 3.63) is 33.6 Å². The van der Waals surface area contributed by atoms with Gasteiger partial charge in [0.2, 0.25) is 0 Å². The van der Waals surface area contributed by atoms with Crippen LogP contribution in [0.4, 0.5) is 0 Å². The molecule has 0 saturated carbocycles. The average Bonchev–Trinajstić information content (AvgIpc) is 2.14. The number of hydrogen-bond acceptors (Lipinski definition) is 3. The van der Waals surface area contributed by atoms with Gasteiger partial charge < -0.3 is 10.1 Å². The zero-order valence-corrected chi connectivity index (χ0v) is 8.56. The van der Waals surface area contributed by atoms with Crippen molar-refractivity contribution < 1.29 is 5.11 Å². The lowest BCUT2D eigenvalue weighted by atomic mass is 10.2. The van der Waals surface area contributed by atoms with Crippen LogP contribution in [0.15, 0.2) is 27.9 Å². The molecule has 0 bridgehead atoms. The van der Waals surface area contributed by atoms with E-state index in [-0.39, 0.29) is 10.6 Å². The number of hydrogen-bond donors (Lipinski definition) is 3. The molecule has 0 aliphatic heterocycles. The molecule has 0 fully saturated rings. The van der Waals surface area contributed by atoms with E-state index in [9.17, 15) is 9.90 Å². The van der Waals surface area contributed by atoms with Gasteiger partial charge in [0.15, 0.2) is 0 Å². The number of aromatic nitrogens is 1. The van der Waals surface area contributed by atoms with Gasteiger partial charge in [0.1, 0.15) is 10.6 Å². The summed E-state index contributed by atoms with van der Waals surface area (Å²) < 4.78 is 0. The summed E-state index contributed by atoms with van der Waals surface area (Å²) in [5, 5.41) is 10.6. The SMILES string of the molecule is O=c1[nH]c2cc(Cl)ccc2c(O)c1S. The number of thiol groups is 1. The van der Waals surface area contributed by atoms with Gasteiger partial charge in [0.25, 0.3) is 5.56 Å². The van der Waals surface area contributed by atoms with Gasteiger partial charge in [-0.25, -0.2) is 0 Å². The van der Waals surface area contributed by atoms with Crippen LogP contribution < -0.4 is 5.56 Å². The first-order valence-corrected chi connectivity index (χ1v) is 4.65. The van der Waals surface area contributed by atoms with Crippen LogP contribution in [-0.2, 0) is 0 Å². The van der Waals surface area contributed by atoms with Crippen LogP contribution in [0, 0.1) is 0 Å². The first-order valence-electron chi connectivity index (χ1n) is 3.83. The Morgan fingerprint density at radius 2 is 2.14 bits per heavy atom. The standard InChI is InChI=1S/C9H6ClNO2S/c10-4-1-2-5-6(3-4)11-9(13)8(14)7(5)12/h1-3,14H,(H2,11,12,13). The number of H-pyrrole nitrogens is 1. The number of fused-ring (bicyclic) bond motifs is 1. The summed E-state index contributed by atoms with van der Waals surface area (Å²) in [6.45, 7) is 0. The second kappa shape index (κ2) is 3.22. The fourth-order valence-electron chi connectivity index (χ4n) is 1.24. The van der Waals surface area contributed by atoms with Gasteiger partial charge in [-0.15, -0.1) is 12.6 Å². The number of halogens is 1. The minimum Gasteiger partial charge on any atom is -0.506 e. The molecule has 2 aromatic rings. The smallest absolute Gasteiger partial charge is 0.265 e. The van der Waals surface area contributed by atoms with Crippen LogP contribution >= 0.6 is 24.2 Å². The molecule has 0 aliphatic carbocycles. The Labute approximate surface area is 89.7 Å². The highest BCUT2D eigenvalue weighted by Crippen LogP contribution is 2.28. The third-order valence-corrected chi connectivity index (χ3v) is 2.57. The van der Waals surface area contributed by atoms with E-state index in [0.29, 0.717) is 15.9 Å². The van der Waals surface area contributed by atoms with E-state index >= 15 is 0 Å². The number of benzene rings is 1. The lowest BCUT2D eigenvalue weighted by molar-refractivity contribution is 0.467. The maximum absolute atomic E-state index is 11.2. The third kappa shape index (κ3) is 1.36. The first-order chi connectivity index (χ1) is 6.59. The number of pyridine rings is 1. The zero-order chi connectivity index (χ0) is 10.3. The molecule has 72 valence electrons. The summed E-state index contributed by atoms with van der Waals surface area (Å²) in [4.78, 5) is 13.8. The molecule has 1 aromatic heterocycles.